The van der Waals surface area contributed by atoms with Crippen LogP contribution in [0.3, 0.4) is 0 Å². The molecule has 0 radical (unpaired) electrons. The molecule has 2 heterocycles. The molecule has 0 aromatic carbocycles. The van der Waals surface area contributed by atoms with Gasteiger partial charge in [-0.3, -0.25) is 0 Å². The zero-order chi connectivity index (χ0) is 11.2. The summed E-state index contributed by atoms with van der Waals surface area (Å²) in [5, 5.41) is 0. The van der Waals surface area contributed by atoms with Gasteiger partial charge in [0.05, 0.1) is 12.4 Å². The van der Waals surface area contributed by atoms with Crippen LogP contribution in [0.2, 0.25) is 0 Å². The molecular formula is C14H20N2O. The van der Waals surface area contributed by atoms with E-state index in [1.54, 1.807) is 0 Å². The average Bonchev–Trinajstić information content (AvgIpc) is 3.28. The highest BCUT2D eigenvalue weighted by atomic mass is 16.5. The van der Waals surface area contributed by atoms with Crippen LogP contribution in [-0.4, -0.2) is 22.3 Å². The Balaban J connectivity index is 1.54. The van der Waals surface area contributed by atoms with Crippen molar-refractivity contribution < 1.29 is 4.74 Å². The van der Waals surface area contributed by atoms with Crippen molar-refractivity contribution in [1.29, 1.82) is 0 Å². The van der Waals surface area contributed by atoms with Gasteiger partial charge in [-0.2, -0.15) is 0 Å². The van der Waals surface area contributed by atoms with E-state index >= 15 is 0 Å². The summed E-state index contributed by atoms with van der Waals surface area (Å²) in [5.74, 6) is 1.67. The van der Waals surface area contributed by atoms with E-state index in [2.05, 4.69) is 15.7 Å². The van der Waals surface area contributed by atoms with Crippen LogP contribution in [0.15, 0.2) is 12.5 Å². The van der Waals surface area contributed by atoms with Crippen LogP contribution in [0.1, 0.15) is 56.2 Å². The number of hydrogen-bond acceptors (Lipinski definition) is 2. The second-order valence-electron chi connectivity index (χ2n) is 5.92. The van der Waals surface area contributed by atoms with E-state index < -0.39 is 0 Å². The lowest BCUT2D eigenvalue weighted by Crippen LogP contribution is -2.29. The van der Waals surface area contributed by atoms with Gasteiger partial charge in [0, 0.05) is 30.5 Å². The largest absolute Gasteiger partial charge is 0.378 e. The minimum absolute atomic E-state index is 0.531. The molecule has 1 aromatic rings. The maximum Gasteiger partial charge on any atom is 0.0950 e. The second-order valence-corrected chi connectivity index (χ2v) is 5.92. The molecule has 1 aliphatic heterocycles. The molecule has 3 nitrogen and oxygen atoms in total. The van der Waals surface area contributed by atoms with E-state index in [4.69, 9.17) is 4.74 Å². The lowest BCUT2D eigenvalue weighted by molar-refractivity contribution is -0.0183. The second kappa shape index (κ2) is 3.84. The normalized spacial score (nSPS) is 33.9. The number of aromatic nitrogens is 2. The third-order valence-corrected chi connectivity index (χ3v) is 4.52. The fourth-order valence-electron chi connectivity index (χ4n) is 3.17. The van der Waals surface area contributed by atoms with Gasteiger partial charge in [-0.05, 0) is 44.4 Å². The van der Waals surface area contributed by atoms with E-state index in [0.29, 0.717) is 12.1 Å². The molecule has 0 spiro atoms. The van der Waals surface area contributed by atoms with Crippen molar-refractivity contribution in [3.05, 3.63) is 18.2 Å². The van der Waals surface area contributed by atoms with Gasteiger partial charge >= 0.3 is 0 Å². The minimum atomic E-state index is 0.531. The van der Waals surface area contributed by atoms with Gasteiger partial charge < -0.3 is 9.30 Å². The van der Waals surface area contributed by atoms with Crippen molar-refractivity contribution in [3.63, 3.8) is 0 Å². The van der Waals surface area contributed by atoms with Gasteiger partial charge in [0.25, 0.3) is 0 Å². The Morgan fingerprint density at radius 3 is 2.82 bits per heavy atom. The number of hydrogen-bond donors (Lipinski definition) is 0. The van der Waals surface area contributed by atoms with E-state index in [9.17, 15) is 0 Å². The first-order valence-corrected chi connectivity index (χ1v) is 7.05. The molecule has 1 aromatic heterocycles. The summed E-state index contributed by atoms with van der Waals surface area (Å²) in [5.41, 5.74) is 1.48. The molecule has 17 heavy (non-hydrogen) atoms. The third kappa shape index (κ3) is 1.90. The molecule has 2 atom stereocenters. The highest BCUT2D eigenvalue weighted by molar-refractivity contribution is 5.14. The Labute approximate surface area is 102 Å². The van der Waals surface area contributed by atoms with Gasteiger partial charge in [-0.1, -0.05) is 0 Å². The predicted octanol–water partition coefficient (Wildman–Crippen LogP) is 2.89. The van der Waals surface area contributed by atoms with Gasteiger partial charge in [0.15, 0.2) is 0 Å². The monoisotopic (exact) mass is 232 g/mol. The zero-order valence-corrected chi connectivity index (χ0v) is 10.2. The summed E-state index contributed by atoms with van der Waals surface area (Å²) in [6.45, 7) is 0.939. The molecule has 0 bridgehead atoms. The van der Waals surface area contributed by atoms with Crippen LogP contribution in [0.4, 0.5) is 0 Å². The van der Waals surface area contributed by atoms with Crippen molar-refractivity contribution >= 4 is 0 Å². The first-order valence-electron chi connectivity index (χ1n) is 7.05. The molecule has 3 fully saturated rings. The molecule has 92 valence electrons. The quantitative estimate of drug-likeness (QED) is 0.801. The minimum Gasteiger partial charge on any atom is -0.378 e. The van der Waals surface area contributed by atoms with E-state index in [1.807, 2.05) is 6.33 Å². The van der Waals surface area contributed by atoms with Crippen molar-refractivity contribution in [2.75, 3.05) is 6.61 Å². The van der Waals surface area contributed by atoms with Crippen molar-refractivity contribution in [3.8, 4) is 0 Å². The van der Waals surface area contributed by atoms with Crippen LogP contribution in [0, 0.1) is 5.92 Å². The molecule has 0 N–H and O–H groups in total. The standard InChI is InChI=1S/C14H20N2O/c1-2-10(1)13-8-15-9-16(13)12-5-6-17-14(7-12)11-3-4-11/h8-12,14H,1-7H2. The smallest absolute Gasteiger partial charge is 0.0950 e. The lowest BCUT2D eigenvalue weighted by Gasteiger charge is -2.31. The Morgan fingerprint density at radius 2 is 2.06 bits per heavy atom. The summed E-state index contributed by atoms with van der Waals surface area (Å²) >= 11 is 0. The predicted molar refractivity (Wildman–Crippen MR) is 64.9 cm³/mol. The third-order valence-electron chi connectivity index (χ3n) is 4.52. The Kier molecular flexibility index (Phi) is 2.29. The maximum absolute atomic E-state index is 5.91. The number of rotatable bonds is 3. The van der Waals surface area contributed by atoms with Crippen LogP contribution < -0.4 is 0 Å². The SMILES string of the molecule is c1ncn(C2CCOC(C3CC3)C2)c1C1CC1. The highest BCUT2D eigenvalue weighted by Crippen LogP contribution is 2.44. The molecule has 3 heteroatoms. The Bertz CT molecular complexity index is 406. The maximum atomic E-state index is 5.91. The average molecular weight is 232 g/mol. The summed E-state index contributed by atoms with van der Waals surface area (Å²) in [6.07, 6.45) is 12.5. The Hall–Kier alpha value is -0.830. The molecule has 2 aliphatic carbocycles. The first kappa shape index (κ1) is 10.1. The molecule has 2 saturated carbocycles. The number of ether oxygens (including phenoxy) is 1. The molecule has 3 aliphatic rings. The van der Waals surface area contributed by atoms with Gasteiger partial charge in [-0.15, -0.1) is 0 Å². The van der Waals surface area contributed by atoms with E-state index in [1.165, 1.54) is 44.2 Å². The lowest BCUT2D eigenvalue weighted by atomic mass is 9.99. The molecule has 2 unspecified atom stereocenters. The number of imidazole rings is 1. The fourth-order valence-corrected chi connectivity index (χ4v) is 3.17. The summed E-state index contributed by atoms with van der Waals surface area (Å²) < 4.78 is 8.37. The van der Waals surface area contributed by atoms with Gasteiger partial charge in [0.2, 0.25) is 0 Å². The summed E-state index contributed by atoms with van der Waals surface area (Å²) in [6, 6.07) is 0.646. The van der Waals surface area contributed by atoms with Crippen LogP contribution in [0.25, 0.3) is 0 Å². The molecule has 4 rings (SSSR count). The van der Waals surface area contributed by atoms with Crippen molar-refractivity contribution in [1.82, 2.24) is 9.55 Å². The topological polar surface area (TPSA) is 27.1 Å². The first-order chi connectivity index (χ1) is 8.42. The van der Waals surface area contributed by atoms with Gasteiger partial charge in [0.1, 0.15) is 0 Å². The number of nitrogens with zero attached hydrogens (tertiary/aromatic N) is 2. The fraction of sp³-hybridized carbons (Fsp3) is 0.786. The molecule has 0 amide bonds. The van der Waals surface area contributed by atoms with E-state index in [-0.39, 0.29) is 0 Å². The van der Waals surface area contributed by atoms with Crippen molar-refractivity contribution in [2.45, 2.75) is 56.6 Å². The van der Waals surface area contributed by atoms with Crippen LogP contribution >= 0.6 is 0 Å². The Morgan fingerprint density at radius 1 is 1.18 bits per heavy atom. The van der Waals surface area contributed by atoms with Crippen LogP contribution in [-0.2, 0) is 4.74 Å². The van der Waals surface area contributed by atoms with Gasteiger partial charge in [-0.25, -0.2) is 4.98 Å². The zero-order valence-electron chi connectivity index (χ0n) is 10.2. The van der Waals surface area contributed by atoms with Crippen molar-refractivity contribution in [2.24, 2.45) is 5.92 Å². The van der Waals surface area contributed by atoms with Crippen LogP contribution in [0.5, 0.6) is 0 Å². The molecule has 1 saturated heterocycles. The summed E-state index contributed by atoms with van der Waals surface area (Å²) in [7, 11) is 0. The molecular weight excluding hydrogens is 212 g/mol. The van der Waals surface area contributed by atoms with E-state index in [0.717, 1.165) is 18.4 Å². The summed E-state index contributed by atoms with van der Waals surface area (Å²) in [4.78, 5) is 4.37. The highest BCUT2D eigenvalue weighted by Gasteiger charge is 2.37.